The largest absolute Gasteiger partial charge is 0.493 e. The van der Waals surface area contributed by atoms with Gasteiger partial charge in [-0.1, -0.05) is 30.3 Å². The van der Waals surface area contributed by atoms with Crippen molar-refractivity contribution in [2.45, 2.75) is 19.7 Å². The first-order chi connectivity index (χ1) is 12.2. The molecule has 0 aromatic heterocycles. The molecule has 0 spiro atoms. The number of nitrogens with zero attached hydrogens (tertiary/aromatic N) is 1. The number of halogens is 1. The number of aliphatic imine (C=N–C) groups is 1. The highest BCUT2D eigenvalue weighted by Gasteiger charge is 2.04. The average Bonchev–Trinajstić information content (AvgIpc) is 2.65. The number of nitrogens with two attached hydrogens (primary N) is 1. The number of ether oxygens (including phenoxy) is 3. The van der Waals surface area contributed by atoms with Crippen molar-refractivity contribution in [2.75, 3.05) is 21.3 Å². The Bertz CT molecular complexity index is 723. The summed E-state index contributed by atoms with van der Waals surface area (Å²) in [5, 5.41) is 3.10. The molecule has 0 amide bonds. The maximum Gasteiger partial charge on any atom is 0.189 e. The standard InChI is InChI=1S/C19H25N3O3.HI/c1-23-13-16-6-4-5-14(9-16)11-21-19(20)22-12-15-7-8-17(24-2)18(10-15)25-3;/h4-10H,11-13H2,1-3H3,(H3,20,21,22);1H. The molecular formula is C19H26IN3O3. The molecule has 0 aliphatic heterocycles. The molecule has 0 unspecified atom stereocenters. The quantitative estimate of drug-likeness (QED) is 0.352. The van der Waals surface area contributed by atoms with Crippen molar-refractivity contribution >= 4 is 29.9 Å². The number of guanidine groups is 1. The topological polar surface area (TPSA) is 78.1 Å². The van der Waals surface area contributed by atoms with Crippen LogP contribution in [0.1, 0.15) is 16.7 Å². The third-order valence-corrected chi connectivity index (χ3v) is 3.66. The van der Waals surface area contributed by atoms with Crippen LogP contribution in [0.5, 0.6) is 11.5 Å². The van der Waals surface area contributed by atoms with Crippen molar-refractivity contribution in [3.63, 3.8) is 0 Å². The predicted octanol–water partition coefficient (Wildman–Crippen LogP) is 3.07. The Morgan fingerprint density at radius 2 is 1.69 bits per heavy atom. The van der Waals surface area contributed by atoms with E-state index in [1.165, 1.54) is 0 Å². The number of hydrogen-bond acceptors (Lipinski definition) is 4. The van der Waals surface area contributed by atoms with Crippen LogP contribution in [0.25, 0.3) is 0 Å². The molecule has 0 saturated carbocycles. The first-order valence-electron chi connectivity index (χ1n) is 7.97. The average molecular weight is 471 g/mol. The lowest BCUT2D eigenvalue weighted by Gasteiger charge is -2.10. The van der Waals surface area contributed by atoms with Crippen LogP contribution in [-0.4, -0.2) is 27.3 Å². The molecule has 0 aliphatic rings. The van der Waals surface area contributed by atoms with Gasteiger partial charge in [-0.15, -0.1) is 24.0 Å². The van der Waals surface area contributed by atoms with Gasteiger partial charge in [-0.05, 0) is 28.8 Å². The lowest BCUT2D eigenvalue weighted by atomic mass is 10.1. The Hall–Kier alpha value is -2.00. The van der Waals surface area contributed by atoms with Crippen molar-refractivity contribution in [3.05, 3.63) is 59.2 Å². The van der Waals surface area contributed by atoms with E-state index in [2.05, 4.69) is 16.4 Å². The van der Waals surface area contributed by atoms with Crippen LogP contribution in [-0.2, 0) is 24.4 Å². The van der Waals surface area contributed by atoms with Crippen LogP contribution in [0.15, 0.2) is 47.5 Å². The fourth-order valence-corrected chi connectivity index (χ4v) is 2.40. The molecule has 0 heterocycles. The molecule has 7 heteroatoms. The summed E-state index contributed by atoms with van der Waals surface area (Å²) in [6.07, 6.45) is 0. The molecule has 0 bridgehead atoms. The summed E-state index contributed by atoms with van der Waals surface area (Å²) in [6, 6.07) is 13.8. The van der Waals surface area contributed by atoms with Crippen LogP contribution < -0.4 is 20.5 Å². The van der Waals surface area contributed by atoms with E-state index in [-0.39, 0.29) is 24.0 Å². The maximum absolute atomic E-state index is 5.95. The monoisotopic (exact) mass is 471 g/mol. The van der Waals surface area contributed by atoms with E-state index in [1.807, 2.05) is 36.4 Å². The van der Waals surface area contributed by atoms with Gasteiger partial charge in [0.1, 0.15) is 0 Å². The van der Waals surface area contributed by atoms with E-state index in [0.29, 0.717) is 37.2 Å². The minimum absolute atomic E-state index is 0. The van der Waals surface area contributed by atoms with Crippen LogP contribution in [0.2, 0.25) is 0 Å². The fourth-order valence-electron chi connectivity index (χ4n) is 2.40. The van der Waals surface area contributed by atoms with Crippen molar-refractivity contribution in [1.82, 2.24) is 5.32 Å². The molecule has 2 rings (SSSR count). The Morgan fingerprint density at radius 1 is 0.962 bits per heavy atom. The van der Waals surface area contributed by atoms with E-state index < -0.39 is 0 Å². The number of benzene rings is 2. The van der Waals surface area contributed by atoms with Crippen molar-refractivity contribution in [3.8, 4) is 11.5 Å². The van der Waals surface area contributed by atoms with Crippen LogP contribution in [0, 0.1) is 0 Å². The molecule has 6 nitrogen and oxygen atoms in total. The van der Waals surface area contributed by atoms with Gasteiger partial charge >= 0.3 is 0 Å². The van der Waals surface area contributed by atoms with Gasteiger partial charge in [0, 0.05) is 13.7 Å². The van der Waals surface area contributed by atoms with Crippen molar-refractivity contribution < 1.29 is 14.2 Å². The van der Waals surface area contributed by atoms with E-state index in [9.17, 15) is 0 Å². The summed E-state index contributed by atoms with van der Waals surface area (Å²) < 4.78 is 15.7. The number of methoxy groups -OCH3 is 3. The Morgan fingerprint density at radius 3 is 2.38 bits per heavy atom. The zero-order valence-corrected chi connectivity index (χ0v) is 17.7. The summed E-state index contributed by atoms with van der Waals surface area (Å²) in [5.74, 6) is 1.78. The lowest BCUT2D eigenvalue weighted by molar-refractivity contribution is 0.185. The highest BCUT2D eigenvalue weighted by molar-refractivity contribution is 14.0. The predicted molar refractivity (Wildman–Crippen MR) is 114 cm³/mol. The first kappa shape index (κ1) is 22.0. The molecule has 0 radical (unpaired) electrons. The van der Waals surface area contributed by atoms with E-state index >= 15 is 0 Å². The highest BCUT2D eigenvalue weighted by atomic mass is 127. The number of rotatable bonds is 8. The molecule has 2 aromatic carbocycles. The molecule has 2 aromatic rings. The van der Waals surface area contributed by atoms with Gasteiger partial charge in [-0.2, -0.15) is 0 Å². The second kappa shape index (κ2) is 11.6. The normalized spacial score (nSPS) is 10.8. The molecule has 0 atom stereocenters. The summed E-state index contributed by atoms with van der Waals surface area (Å²) in [4.78, 5) is 4.37. The minimum Gasteiger partial charge on any atom is -0.493 e. The molecule has 0 fully saturated rings. The Kier molecular flexibility index (Phi) is 9.82. The Balaban J connectivity index is 0.00000338. The van der Waals surface area contributed by atoms with Gasteiger partial charge in [0.25, 0.3) is 0 Å². The van der Waals surface area contributed by atoms with Gasteiger partial charge < -0.3 is 25.3 Å². The van der Waals surface area contributed by atoms with Gasteiger partial charge in [0.15, 0.2) is 17.5 Å². The second-order valence-electron chi connectivity index (χ2n) is 5.50. The van der Waals surface area contributed by atoms with Gasteiger partial charge in [-0.25, -0.2) is 4.99 Å². The zero-order valence-electron chi connectivity index (χ0n) is 15.3. The number of hydrogen-bond donors (Lipinski definition) is 2. The van der Waals surface area contributed by atoms with Crippen molar-refractivity contribution in [2.24, 2.45) is 10.7 Å². The number of nitrogens with one attached hydrogen (secondary N) is 1. The SMILES string of the molecule is COCc1cccc(CN=C(N)NCc2ccc(OC)c(OC)c2)c1.I. The van der Waals surface area contributed by atoms with Crippen LogP contribution in [0.3, 0.4) is 0 Å². The van der Waals surface area contributed by atoms with E-state index in [1.54, 1.807) is 21.3 Å². The molecule has 3 N–H and O–H groups in total. The second-order valence-corrected chi connectivity index (χ2v) is 5.50. The first-order valence-corrected chi connectivity index (χ1v) is 7.97. The Labute approximate surface area is 171 Å². The molecule has 0 aliphatic carbocycles. The van der Waals surface area contributed by atoms with Gasteiger partial charge in [0.2, 0.25) is 0 Å². The molecule has 0 saturated heterocycles. The zero-order chi connectivity index (χ0) is 18.1. The van der Waals surface area contributed by atoms with Gasteiger partial charge in [0.05, 0.1) is 27.4 Å². The van der Waals surface area contributed by atoms with E-state index in [4.69, 9.17) is 19.9 Å². The lowest BCUT2D eigenvalue weighted by Crippen LogP contribution is -2.31. The summed E-state index contributed by atoms with van der Waals surface area (Å²) in [6.45, 7) is 1.66. The molecular weight excluding hydrogens is 445 g/mol. The third-order valence-electron chi connectivity index (χ3n) is 3.66. The fraction of sp³-hybridized carbons (Fsp3) is 0.316. The third kappa shape index (κ3) is 6.72. The summed E-state index contributed by atoms with van der Waals surface area (Å²) >= 11 is 0. The molecule has 26 heavy (non-hydrogen) atoms. The van der Waals surface area contributed by atoms with Gasteiger partial charge in [-0.3, -0.25) is 0 Å². The summed E-state index contributed by atoms with van der Waals surface area (Å²) in [7, 11) is 4.91. The smallest absolute Gasteiger partial charge is 0.189 e. The van der Waals surface area contributed by atoms with Crippen LogP contribution >= 0.6 is 24.0 Å². The van der Waals surface area contributed by atoms with E-state index in [0.717, 1.165) is 16.7 Å². The summed E-state index contributed by atoms with van der Waals surface area (Å²) in [5.41, 5.74) is 9.18. The maximum atomic E-state index is 5.95. The molecule has 142 valence electrons. The highest BCUT2D eigenvalue weighted by Crippen LogP contribution is 2.27. The van der Waals surface area contributed by atoms with Crippen LogP contribution in [0.4, 0.5) is 0 Å². The minimum atomic E-state index is 0. The van der Waals surface area contributed by atoms with Crippen molar-refractivity contribution in [1.29, 1.82) is 0 Å².